The van der Waals surface area contributed by atoms with Gasteiger partial charge in [0.1, 0.15) is 36.9 Å². The number of alkyl halides is 1. The van der Waals surface area contributed by atoms with Gasteiger partial charge in [0.05, 0.1) is 10.9 Å². The molecular weight excluding hydrogens is 481 g/mol. The van der Waals surface area contributed by atoms with Crippen molar-refractivity contribution in [3.63, 3.8) is 0 Å². The van der Waals surface area contributed by atoms with E-state index < -0.39 is 12.2 Å². The molecule has 0 saturated carbocycles. The molecule has 2 N–H and O–H groups in total. The van der Waals surface area contributed by atoms with Gasteiger partial charge in [-0.15, -0.1) is 11.6 Å². The fraction of sp³-hybridized carbons (Fsp3) is 0.520. The largest absolute Gasteiger partial charge is 0.491 e. The second kappa shape index (κ2) is 12.5. The van der Waals surface area contributed by atoms with E-state index in [4.69, 9.17) is 32.7 Å². The number of β-amino-alcohol motifs (C(OH)–C–C–N with tert-alkyl or cyclic N) is 1. The Hall–Kier alpha value is -1.15. The van der Waals surface area contributed by atoms with Crippen molar-refractivity contribution in [1.29, 1.82) is 0 Å². The van der Waals surface area contributed by atoms with Crippen LogP contribution in [0.5, 0.6) is 11.5 Å². The number of ether oxygens (including phenoxy) is 2. The number of hydrogen-bond acceptors (Lipinski definition) is 6. The van der Waals surface area contributed by atoms with Crippen LogP contribution in [-0.2, 0) is 5.41 Å². The van der Waals surface area contributed by atoms with Crippen LogP contribution >= 0.6 is 35.0 Å². The Kier molecular flexibility index (Phi) is 10.0. The summed E-state index contributed by atoms with van der Waals surface area (Å²) in [6, 6.07) is 13.7. The molecule has 0 aromatic heterocycles. The minimum atomic E-state index is -0.732. The Morgan fingerprint density at radius 2 is 1.61 bits per heavy atom. The Labute approximate surface area is 211 Å². The fourth-order valence-corrected chi connectivity index (χ4v) is 5.00. The molecule has 3 rings (SSSR count). The summed E-state index contributed by atoms with van der Waals surface area (Å²) < 4.78 is 11.4. The summed E-state index contributed by atoms with van der Waals surface area (Å²) in [5, 5.41) is 20.4. The molecule has 1 aliphatic rings. The molecule has 0 radical (unpaired) electrons. The van der Waals surface area contributed by atoms with Crippen molar-refractivity contribution in [1.82, 2.24) is 4.90 Å². The highest BCUT2D eigenvalue weighted by Gasteiger charge is 2.24. The van der Waals surface area contributed by atoms with Gasteiger partial charge < -0.3 is 19.7 Å². The SMILES string of the molecule is CC(C)(c1ccc(OC[C@H](O)CN2CCSCC2)cc1)c1ccc(OC[C@H](O)CCl)c(Cl)c1. The lowest BCUT2D eigenvalue weighted by atomic mass is 9.78. The second-order valence-electron chi connectivity index (χ2n) is 8.79. The van der Waals surface area contributed by atoms with E-state index in [1.54, 1.807) is 0 Å². The molecule has 1 heterocycles. The van der Waals surface area contributed by atoms with Gasteiger partial charge in [0.2, 0.25) is 0 Å². The number of halogens is 2. The van der Waals surface area contributed by atoms with Gasteiger partial charge in [-0.2, -0.15) is 11.8 Å². The average molecular weight is 515 g/mol. The number of thioether (sulfide) groups is 1. The minimum absolute atomic E-state index is 0.0964. The predicted octanol–water partition coefficient (Wildman–Crippen LogP) is 4.43. The number of rotatable bonds is 11. The Morgan fingerprint density at radius 1 is 0.970 bits per heavy atom. The molecule has 2 aromatic carbocycles. The van der Waals surface area contributed by atoms with Crippen LogP contribution in [0.3, 0.4) is 0 Å². The van der Waals surface area contributed by atoms with Crippen LogP contribution in [0.2, 0.25) is 5.02 Å². The molecule has 1 fully saturated rings. The molecule has 5 nitrogen and oxygen atoms in total. The van der Waals surface area contributed by atoms with Crippen molar-refractivity contribution in [3.05, 3.63) is 58.6 Å². The van der Waals surface area contributed by atoms with E-state index in [1.807, 2.05) is 54.2 Å². The van der Waals surface area contributed by atoms with Crippen LogP contribution in [0.1, 0.15) is 25.0 Å². The maximum absolute atomic E-state index is 10.3. The van der Waals surface area contributed by atoms with Crippen LogP contribution in [0.15, 0.2) is 42.5 Å². The van der Waals surface area contributed by atoms with Crippen molar-refractivity contribution in [2.75, 3.05) is 50.2 Å². The van der Waals surface area contributed by atoms with Gasteiger partial charge in [0.15, 0.2) is 0 Å². The summed E-state index contributed by atoms with van der Waals surface area (Å²) in [5.74, 6) is 3.62. The lowest BCUT2D eigenvalue weighted by Crippen LogP contribution is -2.40. The molecular formula is C25H33Cl2NO4S. The molecule has 0 bridgehead atoms. The molecule has 2 atom stereocenters. The van der Waals surface area contributed by atoms with Gasteiger partial charge in [-0.25, -0.2) is 0 Å². The van der Waals surface area contributed by atoms with Gasteiger partial charge in [0, 0.05) is 36.6 Å². The summed E-state index contributed by atoms with van der Waals surface area (Å²) in [5.41, 5.74) is 1.87. The molecule has 0 aliphatic carbocycles. The molecule has 2 aromatic rings. The number of hydrogen-bond donors (Lipinski definition) is 2. The Bertz CT molecular complexity index is 875. The van der Waals surface area contributed by atoms with E-state index >= 15 is 0 Å². The van der Waals surface area contributed by atoms with Crippen LogP contribution in [0, 0.1) is 0 Å². The van der Waals surface area contributed by atoms with Gasteiger partial charge in [-0.1, -0.05) is 43.6 Å². The third-order valence-corrected chi connectivity index (χ3v) is 7.45. The van der Waals surface area contributed by atoms with Crippen molar-refractivity contribution in [3.8, 4) is 11.5 Å². The van der Waals surface area contributed by atoms with Gasteiger partial charge in [0.25, 0.3) is 0 Å². The Morgan fingerprint density at radius 3 is 2.24 bits per heavy atom. The summed E-state index contributed by atoms with van der Waals surface area (Å²) in [6.45, 7) is 7.34. The second-order valence-corrected chi connectivity index (χ2v) is 10.7. The van der Waals surface area contributed by atoms with Crippen molar-refractivity contribution >= 4 is 35.0 Å². The van der Waals surface area contributed by atoms with Gasteiger partial charge in [-0.05, 0) is 35.4 Å². The molecule has 0 spiro atoms. The maximum Gasteiger partial charge on any atom is 0.138 e. The van der Waals surface area contributed by atoms with Crippen molar-refractivity contribution < 1.29 is 19.7 Å². The fourth-order valence-electron chi connectivity index (χ4n) is 3.70. The third kappa shape index (κ3) is 7.67. The Balaban J connectivity index is 1.57. The van der Waals surface area contributed by atoms with Crippen LogP contribution in [-0.4, -0.2) is 77.6 Å². The molecule has 0 unspecified atom stereocenters. The van der Waals surface area contributed by atoms with E-state index in [0.29, 0.717) is 17.3 Å². The van der Waals surface area contributed by atoms with Crippen LogP contribution in [0.25, 0.3) is 0 Å². The molecule has 0 amide bonds. The summed E-state index contributed by atoms with van der Waals surface area (Å²) in [7, 11) is 0. The van der Waals surface area contributed by atoms with Gasteiger partial charge >= 0.3 is 0 Å². The summed E-state index contributed by atoms with van der Waals surface area (Å²) in [6.07, 6.45) is -1.23. The first-order chi connectivity index (χ1) is 15.8. The van der Waals surface area contributed by atoms with E-state index in [2.05, 4.69) is 18.7 Å². The predicted molar refractivity (Wildman–Crippen MR) is 138 cm³/mol. The van der Waals surface area contributed by atoms with E-state index in [0.717, 1.165) is 41.5 Å². The number of aliphatic hydroxyl groups excluding tert-OH is 2. The lowest BCUT2D eigenvalue weighted by molar-refractivity contribution is 0.0715. The van der Waals surface area contributed by atoms with Crippen molar-refractivity contribution in [2.45, 2.75) is 31.5 Å². The standard InChI is InChI=1S/C25H33Cl2NO4S/c1-25(2,19-5-8-24(23(27)13-19)32-16-20(29)14-26)18-3-6-22(7-4-18)31-17-21(30)15-28-9-11-33-12-10-28/h3-8,13,20-21,29-30H,9-12,14-17H2,1-2H3/t20-,21-/m1/s1. The third-order valence-electron chi connectivity index (χ3n) is 5.85. The molecule has 1 aliphatic heterocycles. The number of nitrogens with zero attached hydrogens (tertiary/aromatic N) is 1. The zero-order chi connectivity index (χ0) is 23.8. The quantitative estimate of drug-likeness (QED) is 0.433. The first-order valence-electron chi connectivity index (χ1n) is 11.2. The zero-order valence-corrected chi connectivity index (χ0v) is 21.5. The lowest BCUT2D eigenvalue weighted by Gasteiger charge is -2.28. The minimum Gasteiger partial charge on any atom is -0.491 e. The molecule has 8 heteroatoms. The highest BCUT2D eigenvalue weighted by molar-refractivity contribution is 7.99. The smallest absolute Gasteiger partial charge is 0.138 e. The molecule has 1 saturated heterocycles. The number of benzene rings is 2. The first-order valence-corrected chi connectivity index (χ1v) is 13.2. The monoisotopic (exact) mass is 513 g/mol. The van der Waals surface area contributed by atoms with E-state index in [9.17, 15) is 10.2 Å². The molecule has 33 heavy (non-hydrogen) atoms. The topological polar surface area (TPSA) is 62.2 Å². The van der Waals surface area contributed by atoms with Crippen molar-refractivity contribution in [2.24, 2.45) is 0 Å². The van der Waals surface area contributed by atoms with Crippen LogP contribution < -0.4 is 9.47 Å². The average Bonchev–Trinajstić information content (AvgIpc) is 2.82. The van der Waals surface area contributed by atoms with Gasteiger partial charge in [-0.3, -0.25) is 4.90 Å². The molecule has 182 valence electrons. The first kappa shape index (κ1) is 26.5. The van der Waals surface area contributed by atoms with Crippen LogP contribution in [0.4, 0.5) is 0 Å². The highest BCUT2D eigenvalue weighted by Crippen LogP contribution is 2.36. The normalized spacial score (nSPS) is 16.9. The zero-order valence-electron chi connectivity index (χ0n) is 19.2. The number of aliphatic hydroxyl groups is 2. The van der Waals surface area contributed by atoms with E-state index in [1.165, 1.54) is 0 Å². The maximum atomic E-state index is 10.3. The summed E-state index contributed by atoms with van der Waals surface area (Å²) >= 11 is 14.0. The highest BCUT2D eigenvalue weighted by atomic mass is 35.5. The summed E-state index contributed by atoms with van der Waals surface area (Å²) in [4.78, 5) is 2.29. The van der Waals surface area contributed by atoms with E-state index in [-0.39, 0.29) is 24.5 Å².